The van der Waals surface area contributed by atoms with Crippen LogP contribution in [0.3, 0.4) is 0 Å². The summed E-state index contributed by atoms with van der Waals surface area (Å²) in [5, 5.41) is 10.7. The molecule has 22 heavy (non-hydrogen) atoms. The molecule has 0 aliphatic carbocycles. The maximum Gasteiger partial charge on any atom is 0.248 e. The largest absolute Gasteiger partial charge is 0.472 e. The van der Waals surface area contributed by atoms with E-state index in [1.54, 1.807) is 30.7 Å². The topological polar surface area (TPSA) is 81.2 Å². The second-order valence-corrected chi connectivity index (χ2v) is 4.60. The Labute approximate surface area is 126 Å². The van der Waals surface area contributed by atoms with Crippen molar-refractivity contribution >= 4 is 23.7 Å². The molecule has 0 radical (unpaired) electrons. The van der Waals surface area contributed by atoms with Gasteiger partial charge in [0.05, 0.1) is 12.5 Å². The predicted octanol–water partition coefficient (Wildman–Crippen LogP) is 3.46. The number of nitrogens with zero attached hydrogens (tertiary/aromatic N) is 2. The zero-order valence-electron chi connectivity index (χ0n) is 11.8. The number of aromatic nitrogens is 2. The molecule has 6 nitrogen and oxygen atoms in total. The molecule has 0 fully saturated rings. The lowest BCUT2D eigenvalue weighted by Crippen LogP contribution is -2.05. The van der Waals surface area contributed by atoms with E-state index in [1.165, 1.54) is 6.92 Å². The van der Waals surface area contributed by atoms with Crippen LogP contribution >= 0.6 is 0 Å². The van der Waals surface area contributed by atoms with Crippen molar-refractivity contribution in [2.24, 2.45) is 0 Å². The quantitative estimate of drug-likeness (QED) is 0.797. The van der Waals surface area contributed by atoms with Crippen molar-refractivity contribution in [3.63, 3.8) is 0 Å². The fourth-order valence-electron chi connectivity index (χ4n) is 1.89. The molecule has 1 N–H and O–H groups in total. The van der Waals surface area contributed by atoms with Gasteiger partial charge in [-0.05, 0) is 30.3 Å². The fourth-order valence-corrected chi connectivity index (χ4v) is 1.89. The van der Waals surface area contributed by atoms with E-state index >= 15 is 0 Å². The van der Waals surface area contributed by atoms with E-state index in [2.05, 4.69) is 15.5 Å². The lowest BCUT2D eigenvalue weighted by Gasteiger charge is -2.02. The summed E-state index contributed by atoms with van der Waals surface area (Å²) in [7, 11) is 0. The Hall–Kier alpha value is -3.15. The monoisotopic (exact) mass is 295 g/mol. The van der Waals surface area contributed by atoms with E-state index in [1.807, 2.05) is 24.3 Å². The van der Waals surface area contributed by atoms with E-state index in [0.717, 1.165) is 11.1 Å². The van der Waals surface area contributed by atoms with Crippen molar-refractivity contribution in [3.05, 3.63) is 54.3 Å². The second-order valence-electron chi connectivity index (χ2n) is 4.60. The van der Waals surface area contributed by atoms with Crippen LogP contribution in [0.25, 0.3) is 23.6 Å². The number of hydrogen-bond acceptors (Lipinski definition) is 5. The van der Waals surface area contributed by atoms with Crippen LogP contribution in [-0.2, 0) is 4.79 Å². The van der Waals surface area contributed by atoms with E-state index in [-0.39, 0.29) is 5.91 Å². The minimum atomic E-state index is -0.133. The second kappa shape index (κ2) is 6.09. The summed E-state index contributed by atoms with van der Waals surface area (Å²) in [5.41, 5.74) is 2.33. The van der Waals surface area contributed by atoms with Crippen LogP contribution < -0.4 is 5.32 Å². The SMILES string of the molecule is CC(=O)Nc1cccc(-c2nnc(/C=C/c3ccoc3)o2)c1. The van der Waals surface area contributed by atoms with Crippen molar-refractivity contribution in [3.8, 4) is 11.5 Å². The summed E-state index contributed by atoms with van der Waals surface area (Å²) in [5.74, 6) is 0.645. The van der Waals surface area contributed by atoms with Gasteiger partial charge in [0.25, 0.3) is 0 Å². The molecule has 0 aliphatic heterocycles. The molecule has 1 amide bonds. The number of amides is 1. The number of furan rings is 1. The lowest BCUT2D eigenvalue weighted by atomic mass is 10.2. The van der Waals surface area contributed by atoms with E-state index < -0.39 is 0 Å². The van der Waals surface area contributed by atoms with Gasteiger partial charge in [-0.15, -0.1) is 10.2 Å². The number of benzene rings is 1. The molecule has 0 saturated heterocycles. The van der Waals surface area contributed by atoms with E-state index in [4.69, 9.17) is 8.83 Å². The Morgan fingerprint density at radius 1 is 1.23 bits per heavy atom. The molecule has 0 spiro atoms. The average molecular weight is 295 g/mol. The number of carbonyl (C=O) groups excluding carboxylic acids is 1. The van der Waals surface area contributed by atoms with E-state index in [9.17, 15) is 4.79 Å². The van der Waals surface area contributed by atoms with Crippen LogP contribution in [0.2, 0.25) is 0 Å². The molecule has 2 aromatic heterocycles. The number of nitrogens with one attached hydrogen (secondary N) is 1. The number of anilines is 1. The highest BCUT2D eigenvalue weighted by atomic mass is 16.4. The molecule has 110 valence electrons. The van der Waals surface area contributed by atoms with Gasteiger partial charge in [-0.2, -0.15) is 0 Å². The molecule has 2 heterocycles. The van der Waals surface area contributed by atoms with Crippen molar-refractivity contribution in [2.75, 3.05) is 5.32 Å². The van der Waals surface area contributed by atoms with Crippen LogP contribution in [0, 0.1) is 0 Å². The molecular weight excluding hydrogens is 282 g/mol. The smallest absolute Gasteiger partial charge is 0.248 e. The highest BCUT2D eigenvalue weighted by Gasteiger charge is 2.07. The summed E-state index contributed by atoms with van der Waals surface area (Å²) >= 11 is 0. The van der Waals surface area contributed by atoms with Crippen molar-refractivity contribution in [1.82, 2.24) is 10.2 Å². The van der Waals surface area contributed by atoms with Gasteiger partial charge in [0.2, 0.25) is 17.7 Å². The molecule has 3 aromatic rings. The number of rotatable bonds is 4. The minimum Gasteiger partial charge on any atom is -0.472 e. The Balaban J connectivity index is 1.80. The average Bonchev–Trinajstić information content (AvgIpc) is 3.16. The van der Waals surface area contributed by atoms with Gasteiger partial charge in [0.1, 0.15) is 0 Å². The minimum absolute atomic E-state index is 0.133. The summed E-state index contributed by atoms with van der Waals surface area (Å²) < 4.78 is 10.5. The van der Waals surface area contributed by atoms with Crippen molar-refractivity contribution < 1.29 is 13.6 Å². The summed E-state index contributed by atoms with van der Waals surface area (Å²) in [6, 6.07) is 9.04. The van der Waals surface area contributed by atoms with Crippen molar-refractivity contribution in [2.45, 2.75) is 6.92 Å². The highest BCUT2D eigenvalue weighted by molar-refractivity contribution is 5.89. The zero-order chi connectivity index (χ0) is 15.4. The molecule has 0 atom stereocenters. The first kappa shape index (κ1) is 13.8. The van der Waals surface area contributed by atoms with Crippen molar-refractivity contribution in [1.29, 1.82) is 0 Å². The van der Waals surface area contributed by atoms with Gasteiger partial charge in [-0.1, -0.05) is 6.07 Å². The molecule has 1 aromatic carbocycles. The van der Waals surface area contributed by atoms with Gasteiger partial charge in [0.15, 0.2) is 0 Å². The predicted molar refractivity (Wildman–Crippen MR) is 81.7 cm³/mol. The molecule has 0 saturated carbocycles. The van der Waals surface area contributed by atoms with Gasteiger partial charge in [-0.25, -0.2) is 0 Å². The maximum atomic E-state index is 11.1. The first-order valence-corrected chi connectivity index (χ1v) is 6.62. The van der Waals surface area contributed by atoms with Gasteiger partial charge in [-0.3, -0.25) is 4.79 Å². The normalized spacial score (nSPS) is 11.0. The van der Waals surface area contributed by atoms with Crippen LogP contribution in [0.15, 0.2) is 51.7 Å². The fraction of sp³-hybridized carbons (Fsp3) is 0.0625. The lowest BCUT2D eigenvalue weighted by molar-refractivity contribution is -0.114. The third-order valence-corrected chi connectivity index (χ3v) is 2.83. The standard InChI is InChI=1S/C16H13N3O3/c1-11(20)17-14-4-2-3-13(9-14)16-19-18-15(22-16)6-5-12-7-8-21-10-12/h2-10H,1H3,(H,17,20)/b6-5+. The van der Waals surface area contributed by atoms with Crippen LogP contribution in [0.4, 0.5) is 5.69 Å². The number of carbonyl (C=O) groups is 1. The Bertz CT molecular complexity index is 804. The molecule has 3 rings (SSSR count). The Morgan fingerprint density at radius 2 is 2.14 bits per heavy atom. The first-order chi connectivity index (χ1) is 10.7. The maximum absolute atomic E-state index is 11.1. The third kappa shape index (κ3) is 3.29. The molecular formula is C16H13N3O3. The molecule has 6 heteroatoms. The molecule has 0 unspecified atom stereocenters. The summed E-state index contributed by atoms with van der Waals surface area (Å²) in [6.45, 7) is 1.46. The third-order valence-electron chi connectivity index (χ3n) is 2.83. The Morgan fingerprint density at radius 3 is 2.91 bits per heavy atom. The molecule has 0 aliphatic rings. The summed E-state index contributed by atoms with van der Waals surface area (Å²) in [6.07, 6.45) is 6.73. The van der Waals surface area contributed by atoms with Crippen LogP contribution in [0.1, 0.15) is 18.4 Å². The number of hydrogen-bond donors (Lipinski definition) is 1. The Kier molecular flexibility index (Phi) is 3.82. The highest BCUT2D eigenvalue weighted by Crippen LogP contribution is 2.22. The van der Waals surface area contributed by atoms with Crippen LogP contribution in [0.5, 0.6) is 0 Å². The van der Waals surface area contributed by atoms with E-state index in [0.29, 0.717) is 17.5 Å². The summed E-state index contributed by atoms with van der Waals surface area (Å²) in [4.78, 5) is 11.1. The first-order valence-electron chi connectivity index (χ1n) is 6.62. The van der Waals surface area contributed by atoms with Gasteiger partial charge < -0.3 is 14.2 Å². The van der Waals surface area contributed by atoms with Crippen LogP contribution in [-0.4, -0.2) is 16.1 Å². The van der Waals surface area contributed by atoms with Gasteiger partial charge >= 0.3 is 0 Å². The van der Waals surface area contributed by atoms with Gasteiger partial charge in [0, 0.05) is 29.8 Å². The molecule has 0 bridgehead atoms. The zero-order valence-corrected chi connectivity index (χ0v) is 11.8.